The highest BCUT2D eigenvalue weighted by Crippen LogP contribution is 2.19. The Morgan fingerprint density at radius 2 is 1.87 bits per heavy atom. The second-order valence-electron chi connectivity index (χ2n) is 3.51. The number of nitrogens with zero attached hydrogens (tertiary/aromatic N) is 1. The van der Waals surface area contributed by atoms with Gasteiger partial charge in [-0.25, -0.2) is 8.78 Å². The molecule has 2 rings (SSSR count). The molecule has 1 aromatic carbocycles. The quantitative estimate of drug-likeness (QED) is 0.757. The number of nitrogens with one attached hydrogen (secondary N) is 1. The number of hydrogen-bond donors (Lipinski definition) is 1. The van der Waals surface area contributed by atoms with Crippen LogP contribution in [0.5, 0.6) is 0 Å². The molecule has 0 fully saturated rings. The van der Waals surface area contributed by atoms with Crippen LogP contribution in [-0.4, -0.2) is 12.4 Å². The lowest BCUT2D eigenvalue weighted by atomic mass is 10.1. The summed E-state index contributed by atoms with van der Waals surface area (Å²) in [4.78, 5) is 4.18. The van der Waals surface area contributed by atoms with Crippen LogP contribution in [0.25, 0.3) is 0 Å². The molecule has 1 aromatic rings. The lowest BCUT2D eigenvalue weighted by Crippen LogP contribution is -2.17. The van der Waals surface area contributed by atoms with Crippen LogP contribution in [0, 0.1) is 11.6 Å². The zero-order valence-electron chi connectivity index (χ0n) is 8.26. The molecule has 0 aromatic heterocycles. The van der Waals surface area contributed by atoms with E-state index in [1.807, 2.05) is 0 Å². The van der Waals surface area contributed by atoms with Crippen molar-refractivity contribution in [1.29, 1.82) is 0 Å². The molecule has 2 nitrogen and oxygen atoms in total. The fourth-order valence-electron chi connectivity index (χ4n) is 1.56. The molecular formula is C11H12F2N2. The van der Waals surface area contributed by atoms with Gasteiger partial charge >= 0.3 is 0 Å². The van der Waals surface area contributed by atoms with Gasteiger partial charge in [-0.05, 0) is 25.0 Å². The number of para-hydroxylation sites is 1. The topological polar surface area (TPSA) is 24.4 Å². The minimum absolute atomic E-state index is 0.0989. The van der Waals surface area contributed by atoms with E-state index in [0.717, 1.165) is 25.8 Å². The van der Waals surface area contributed by atoms with E-state index >= 15 is 0 Å². The summed E-state index contributed by atoms with van der Waals surface area (Å²) in [7, 11) is 0. The maximum atomic E-state index is 13.2. The van der Waals surface area contributed by atoms with Gasteiger partial charge < -0.3 is 5.32 Å². The molecule has 0 radical (unpaired) electrons. The highest BCUT2D eigenvalue weighted by atomic mass is 19.1. The van der Waals surface area contributed by atoms with Gasteiger partial charge in [0.05, 0.1) is 0 Å². The minimum atomic E-state index is -0.580. The smallest absolute Gasteiger partial charge is 0.149 e. The van der Waals surface area contributed by atoms with E-state index in [9.17, 15) is 8.78 Å². The molecule has 0 atom stereocenters. The van der Waals surface area contributed by atoms with Crippen LogP contribution in [0.2, 0.25) is 0 Å². The van der Waals surface area contributed by atoms with Crippen molar-refractivity contribution in [1.82, 2.24) is 0 Å². The molecule has 0 bridgehead atoms. The average Bonchev–Trinajstić information content (AvgIpc) is 2.25. The third kappa shape index (κ3) is 2.32. The molecule has 1 aliphatic rings. The van der Waals surface area contributed by atoms with E-state index < -0.39 is 11.6 Å². The summed E-state index contributed by atoms with van der Waals surface area (Å²) in [5, 5.41) is 2.72. The Morgan fingerprint density at radius 3 is 2.47 bits per heavy atom. The van der Waals surface area contributed by atoms with E-state index in [0.29, 0.717) is 5.84 Å². The van der Waals surface area contributed by atoms with Gasteiger partial charge in [0.1, 0.15) is 23.2 Å². The summed E-state index contributed by atoms with van der Waals surface area (Å²) in [5.41, 5.74) is -0.0989. The van der Waals surface area contributed by atoms with Gasteiger partial charge in [-0.15, -0.1) is 0 Å². The van der Waals surface area contributed by atoms with Crippen molar-refractivity contribution in [2.75, 3.05) is 11.9 Å². The molecule has 0 saturated carbocycles. The first-order valence-corrected chi connectivity index (χ1v) is 5.02. The van der Waals surface area contributed by atoms with E-state index in [1.54, 1.807) is 0 Å². The molecule has 0 saturated heterocycles. The van der Waals surface area contributed by atoms with Crippen molar-refractivity contribution in [2.45, 2.75) is 19.3 Å². The van der Waals surface area contributed by atoms with E-state index in [2.05, 4.69) is 10.3 Å². The first kappa shape index (κ1) is 10.1. The number of anilines is 1. The first-order chi connectivity index (χ1) is 7.27. The SMILES string of the molecule is Fc1cccc(F)c1NC1=NCCCC1. The molecule has 1 N–H and O–H groups in total. The zero-order chi connectivity index (χ0) is 10.7. The molecule has 1 heterocycles. The lowest BCUT2D eigenvalue weighted by molar-refractivity contribution is 0.590. The number of hydrogen-bond acceptors (Lipinski definition) is 2. The number of rotatable bonds is 1. The Morgan fingerprint density at radius 1 is 1.13 bits per heavy atom. The van der Waals surface area contributed by atoms with Gasteiger partial charge in [-0.1, -0.05) is 6.07 Å². The summed E-state index contributed by atoms with van der Waals surface area (Å²) in [6.45, 7) is 0.735. The van der Waals surface area contributed by atoms with Crippen LogP contribution in [0.4, 0.5) is 14.5 Å². The van der Waals surface area contributed by atoms with Crippen molar-refractivity contribution >= 4 is 11.5 Å². The number of amidine groups is 1. The fraction of sp³-hybridized carbons (Fsp3) is 0.364. The van der Waals surface area contributed by atoms with Crippen molar-refractivity contribution in [3.05, 3.63) is 29.8 Å². The Hall–Kier alpha value is -1.45. The highest BCUT2D eigenvalue weighted by Gasteiger charge is 2.11. The van der Waals surface area contributed by atoms with E-state index in [4.69, 9.17) is 0 Å². The maximum Gasteiger partial charge on any atom is 0.149 e. The lowest BCUT2D eigenvalue weighted by Gasteiger charge is -2.14. The van der Waals surface area contributed by atoms with Gasteiger partial charge in [0, 0.05) is 13.0 Å². The normalized spacial score (nSPS) is 16.0. The molecule has 0 aliphatic carbocycles. The van der Waals surface area contributed by atoms with Crippen LogP contribution < -0.4 is 5.32 Å². The molecule has 15 heavy (non-hydrogen) atoms. The molecule has 80 valence electrons. The van der Waals surface area contributed by atoms with Gasteiger partial charge in [-0.2, -0.15) is 0 Å². The summed E-state index contributed by atoms with van der Waals surface area (Å²) in [6, 6.07) is 3.81. The van der Waals surface area contributed by atoms with Crippen molar-refractivity contribution < 1.29 is 8.78 Å². The summed E-state index contributed by atoms with van der Waals surface area (Å²) < 4.78 is 26.5. The molecule has 1 aliphatic heterocycles. The number of halogens is 2. The van der Waals surface area contributed by atoms with E-state index in [1.165, 1.54) is 18.2 Å². The standard InChI is InChI=1S/C11H12F2N2/c12-8-4-3-5-9(13)11(8)15-10-6-1-2-7-14-10/h3-5H,1-2,6-7H2,(H,14,15). The third-order valence-electron chi connectivity index (χ3n) is 2.36. The summed E-state index contributed by atoms with van der Waals surface area (Å²) >= 11 is 0. The second kappa shape index (κ2) is 4.38. The third-order valence-corrected chi connectivity index (χ3v) is 2.36. The maximum absolute atomic E-state index is 13.2. The summed E-state index contributed by atoms with van der Waals surface area (Å²) in [5.74, 6) is -0.489. The van der Waals surface area contributed by atoms with Crippen molar-refractivity contribution in [2.24, 2.45) is 4.99 Å². The Labute approximate surface area is 87.0 Å². The number of benzene rings is 1. The van der Waals surface area contributed by atoms with Gasteiger partial charge in [0.15, 0.2) is 0 Å². The van der Waals surface area contributed by atoms with Gasteiger partial charge in [0.25, 0.3) is 0 Å². The summed E-state index contributed by atoms with van der Waals surface area (Å²) in [6.07, 6.45) is 2.82. The monoisotopic (exact) mass is 210 g/mol. The van der Waals surface area contributed by atoms with Gasteiger partial charge in [-0.3, -0.25) is 4.99 Å². The molecule has 0 amide bonds. The highest BCUT2D eigenvalue weighted by molar-refractivity contribution is 5.95. The predicted molar refractivity (Wildman–Crippen MR) is 56.1 cm³/mol. The fourth-order valence-corrected chi connectivity index (χ4v) is 1.56. The predicted octanol–water partition coefficient (Wildman–Crippen LogP) is 2.96. The molecule has 4 heteroatoms. The average molecular weight is 210 g/mol. The second-order valence-corrected chi connectivity index (χ2v) is 3.51. The van der Waals surface area contributed by atoms with Crippen LogP contribution >= 0.6 is 0 Å². The Balaban J connectivity index is 2.19. The Bertz CT molecular complexity index is 368. The Kier molecular flexibility index (Phi) is 2.94. The van der Waals surface area contributed by atoms with Crippen LogP contribution in [-0.2, 0) is 0 Å². The van der Waals surface area contributed by atoms with Crippen molar-refractivity contribution in [3.63, 3.8) is 0 Å². The van der Waals surface area contributed by atoms with Crippen molar-refractivity contribution in [3.8, 4) is 0 Å². The van der Waals surface area contributed by atoms with Crippen LogP contribution in [0.1, 0.15) is 19.3 Å². The van der Waals surface area contributed by atoms with Crippen LogP contribution in [0.3, 0.4) is 0 Å². The van der Waals surface area contributed by atoms with Gasteiger partial charge in [0.2, 0.25) is 0 Å². The molecule has 0 unspecified atom stereocenters. The number of aliphatic imine (C=N–C) groups is 1. The first-order valence-electron chi connectivity index (χ1n) is 5.02. The minimum Gasteiger partial charge on any atom is -0.339 e. The largest absolute Gasteiger partial charge is 0.339 e. The molecule has 0 spiro atoms. The zero-order valence-corrected chi connectivity index (χ0v) is 8.26. The van der Waals surface area contributed by atoms with Crippen LogP contribution in [0.15, 0.2) is 23.2 Å². The van der Waals surface area contributed by atoms with E-state index in [-0.39, 0.29) is 5.69 Å². The molecular weight excluding hydrogens is 198 g/mol.